The average molecular weight is 262 g/mol. The van der Waals surface area contributed by atoms with Crippen molar-refractivity contribution in [3.05, 3.63) is 33.7 Å². The van der Waals surface area contributed by atoms with Gasteiger partial charge in [-0.1, -0.05) is 19.3 Å². The van der Waals surface area contributed by atoms with E-state index < -0.39 is 0 Å². The molecule has 0 radical (unpaired) electrons. The number of carbonyl (C=O) groups excluding carboxylic acids is 1. The third kappa shape index (κ3) is 3.06. The molecule has 1 heterocycles. The zero-order valence-corrected chi connectivity index (χ0v) is 11.7. The van der Waals surface area contributed by atoms with Gasteiger partial charge in [0, 0.05) is 30.5 Å². The Balaban J connectivity index is 2.22. The van der Waals surface area contributed by atoms with Gasteiger partial charge in [0.2, 0.25) is 0 Å². The minimum Gasteiger partial charge on any atom is -0.364 e. The summed E-state index contributed by atoms with van der Waals surface area (Å²) in [6, 6.07) is 1.79. The van der Waals surface area contributed by atoms with Gasteiger partial charge in [-0.15, -0.1) is 0 Å². The molecule has 1 aliphatic rings. The molecule has 0 bridgehead atoms. The van der Waals surface area contributed by atoms with Gasteiger partial charge in [-0.25, -0.2) is 0 Å². The zero-order valence-electron chi connectivity index (χ0n) is 11.7. The van der Waals surface area contributed by atoms with E-state index in [-0.39, 0.29) is 16.9 Å². The summed E-state index contributed by atoms with van der Waals surface area (Å²) >= 11 is 0. The van der Waals surface area contributed by atoms with E-state index in [4.69, 9.17) is 0 Å². The van der Waals surface area contributed by atoms with Crippen molar-refractivity contribution in [3.8, 4) is 0 Å². The summed E-state index contributed by atoms with van der Waals surface area (Å²) in [7, 11) is 0. The fourth-order valence-electron chi connectivity index (χ4n) is 2.86. The highest BCUT2D eigenvalue weighted by Crippen LogP contribution is 2.23. The first-order chi connectivity index (χ1) is 9.13. The molecular formula is C15H22N2O2. The fourth-order valence-corrected chi connectivity index (χ4v) is 2.86. The van der Waals surface area contributed by atoms with Gasteiger partial charge in [0.1, 0.15) is 5.56 Å². The number of hydrogen-bond acceptors (Lipinski definition) is 2. The Kier molecular flexibility index (Phi) is 4.40. The summed E-state index contributed by atoms with van der Waals surface area (Å²) in [6.07, 6.45) is 7.28. The second kappa shape index (κ2) is 6.04. The molecule has 0 saturated heterocycles. The molecule has 1 aromatic rings. The topological polar surface area (TPSA) is 53.2 Å². The Morgan fingerprint density at radius 1 is 1.37 bits per heavy atom. The van der Waals surface area contributed by atoms with Crippen LogP contribution in [0.3, 0.4) is 0 Å². The first-order valence-corrected chi connectivity index (χ1v) is 7.13. The van der Waals surface area contributed by atoms with Crippen molar-refractivity contribution in [3.63, 3.8) is 0 Å². The first-order valence-electron chi connectivity index (χ1n) is 7.13. The van der Waals surface area contributed by atoms with E-state index in [1.54, 1.807) is 6.20 Å². The normalized spacial score (nSPS) is 16.3. The van der Waals surface area contributed by atoms with Gasteiger partial charge >= 0.3 is 0 Å². The molecule has 1 aliphatic carbocycles. The van der Waals surface area contributed by atoms with E-state index in [2.05, 4.69) is 4.98 Å². The third-order valence-corrected chi connectivity index (χ3v) is 3.90. The largest absolute Gasteiger partial charge is 0.364 e. The van der Waals surface area contributed by atoms with Crippen molar-refractivity contribution in [1.82, 2.24) is 9.88 Å². The Morgan fingerprint density at radius 2 is 2.05 bits per heavy atom. The number of H-pyrrole nitrogens is 1. The predicted octanol–water partition coefficient (Wildman–Crippen LogP) is 2.48. The highest BCUT2D eigenvalue weighted by molar-refractivity contribution is 5.94. The zero-order chi connectivity index (χ0) is 13.8. The minimum atomic E-state index is -0.185. The van der Waals surface area contributed by atoms with Gasteiger partial charge in [0.25, 0.3) is 5.91 Å². The molecule has 19 heavy (non-hydrogen) atoms. The summed E-state index contributed by atoms with van der Waals surface area (Å²) < 4.78 is 0. The Bertz CT molecular complexity index is 501. The number of aryl methyl sites for hydroxylation is 1. The molecule has 0 atom stereocenters. The van der Waals surface area contributed by atoms with Crippen molar-refractivity contribution in [2.75, 3.05) is 6.54 Å². The number of nitrogens with zero attached hydrogens (tertiary/aromatic N) is 1. The summed E-state index contributed by atoms with van der Waals surface area (Å²) in [5.41, 5.74) is 0.857. The predicted molar refractivity (Wildman–Crippen MR) is 75.4 cm³/mol. The highest BCUT2D eigenvalue weighted by Gasteiger charge is 2.26. The molecule has 104 valence electrons. The SMILES string of the molecule is CCN(C(=O)c1c[nH]c(C)cc1=O)C1CCCCC1. The van der Waals surface area contributed by atoms with E-state index in [1.807, 2.05) is 18.7 Å². The van der Waals surface area contributed by atoms with Gasteiger partial charge in [-0.05, 0) is 26.7 Å². The van der Waals surface area contributed by atoms with Crippen molar-refractivity contribution in [2.24, 2.45) is 0 Å². The monoisotopic (exact) mass is 262 g/mol. The number of nitrogens with one attached hydrogen (secondary N) is 1. The number of aromatic amines is 1. The van der Waals surface area contributed by atoms with Crippen LogP contribution in [0.1, 0.15) is 55.1 Å². The van der Waals surface area contributed by atoms with E-state index >= 15 is 0 Å². The number of aromatic nitrogens is 1. The van der Waals surface area contributed by atoms with E-state index in [0.29, 0.717) is 12.6 Å². The maximum atomic E-state index is 12.5. The molecule has 1 amide bonds. The van der Waals surface area contributed by atoms with Crippen LogP contribution in [0.25, 0.3) is 0 Å². The minimum absolute atomic E-state index is 0.129. The van der Waals surface area contributed by atoms with Crippen molar-refractivity contribution in [1.29, 1.82) is 0 Å². The molecule has 4 nitrogen and oxygen atoms in total. The Morgan fingerprint density at radius 3 is 2.63 bits per heavy atom. The van der Waals surface area contributed by atoms with Crippen LogP contribution in [-0.4, -0.2) is 28.4 Å². The first kappa shape index (κ1) is 13.8. The number of rotatable bonds is 3. The molecular weight excluding hydrogens is 240 g/mol. The third-order valence-electron chi connectivity index (χ3n) is 3.90. The Labute approximate surface area is 113 Å². The van der Waals surface area contributed by atoms with Crippen molar-refractivity contribution in [2.45, 2.75) is 52.0 Å². The maximum absolute atomic E-state index is 12.5. The molecule has 0 aliphatic heterocycles. The molecule has 1 aromatic heterocycles. The standard InChI is InChI=1S/C15H22N2O2/c1-3-17(12-7-5-4-6-8-12)15(19)13-10-16-11(2)9-14(13)18/h9-10,12H,3-8H2,1-2H3,(H,16,18). The summed E-state index contributed by atoms with van der Waals surface area (Å²) in [5, 5.41) is 0. The van der Waals surface area contributed by atoms with Crippen LogP contribution >= 0.6 is 0 Å². The van der Waals surface area contributed by atoms with Crippen LogP contribution in [-0.2, 0) is 0 Å². The van der Waals surface area contributed by atoms with E-state index in [0.717, 1.165) is 18.5 Å². The lowest BCUT2D eigenvalue weighted by molar-refractivity contribution is 0.0646. The molecule has 0 spiro atoms. The molecule has 2 rings (SSSR count). The average Bonchev–Trinajstić information content (AvgIpc) is 2.40. The second-order valence-electron chi connectivity index (χ2n) is 5.28. The van der Waals surface area contributed by atoms with Crippen molar-refractivity contribution < 1.29 is 4.79 Å². The van der Waals surface area contributed by atoms with Gasteiger partial charge in [-0.3, -0.25) is 9.59 Å². The van der Waals surface area contributed by atoms with Crippen molar-refractivity contribution >= 4 is 5.91 Å². The van der Waals surface area contributed by atoms with Crippen LogP contribution < -0.4 is 5.43 Å². The molecule has 1 saturated carbocycles. The molecule has 4 heteroatoms. The van der Waals surface area contributed by atoms with E-state index in [1.165, 1.54) is 25.3 Å². The lowest BCUT2D eigenvalue weighted by atomic mass is 9.94. The lowest BCUT2D eigenvalue weighted by Gasteiger charge is -2.33. The fraction of sp³-hybridized carbons (Fsp3) is 0.600. The maximum Gasteiger partial charge on any atom is 0.259 e. The van der Waals surface area contributed by atoms with E-state index in [9.17, 15) is 9.59 Å². The molecule has 1 fully saturated rings. The van der Waals surface area contributed by atoms with Crippen LogP contribution in [0.4, 0.5) is 0 Å². The van der Waals surface area contributed by atoms with Crippen LogP contribution in [0.2, 0.25) is 0 Å². The number of amides is 1. The lowest BCUT2D eigenvalue weighted by Crippen LogP contribution is -2.42. The molecule has 0 aromatic carbocycles. The van der Waals surface area contributed by atoms with Crippen LogP contribution in [0.5, 0.6) is 0 Å². The summed E-state index contributed by atoms with van der Waals surface area (Å²) in [6.45, 7) is 4.46. The Hall–Kier alpha value is -1.58. The molecule has 1 N–H and O–H groups in total. The highest BCUT2D eigenvalue weighted by atomic mass is 16.2. The summed E-state index contributed by atoms with van der Waals surface area (Å²) in [5.74, 6) is -0.129. The number of hydrogen-bond donors (Lipinski definition) is 1. The number of carbonyl (C=O) groups is 1. The van der Waals surface area contributed by atoms with Gasteiger partial charge in [0.05, 0.1) is 0 Å². The van der Waals surface area contributed by atoms with Gasteiger partial charge in [-0.2, -0.15) is 0 Å². The molecule has 0 unspecified atom stereocenters. The van der Waals surface area contributed by atoms with Gasteiger partial charge < -0.3 is 9.88 Å². The second-order valence-corrected chi connectivity index (χ2v) is 5.28. The smallest absolute Gasteiger partial charge is 0.259 e. The van der Waals surface area contributed by atoms with Gasteiger partial charge in [0.15, 0.2) is 5.43 Å². The quantitative estimate of drug-likeness (QED) is 0.909. The summed E-state index contributed by atoms with van der Waals surface area (Å²) in [4.78, 5) is 29.2. The van der Waals surface area contributed by atoms with Crippen LogP contribution in [0, 0.1) is 6.92 Å². The number of pyridine rings is 1. The van der Waals surface area contributed by atoms with Crippen LogP contribution in [0.15, 0.2) is 17.1 Å².